The Bertz CT molecular complexity index is 371. The molecule has 0 fully saturated rings. The van der Waals surface area contributed by atoms with Gasteiger partial charge in [-0.05, 0) is 30.1 Å². The molecule has 0 saturated carbocycles. The molecule has 0 N–H and O–H groups in total. The summed E-state index contributed by atoms with van der Waals surface area (Å²) in [4.78, 5) is 11.3. The van der Waals surface area contributed by atoms with Crippen LogP contribution in [0.5, 0.6) is 5.19 Å². The molecule has 0 aromatic carbocycles. The van der Waals surface area contributed by atoms with Gasteiger partial charge in [0.1, 0.15) is 0 Å². The number of rotatable bonds is 5. The normalized spacial score (nSPS) is 11.3. The van der Waals surface area contributed by atoms with Gasteiger partial charge in [-0.3, -0.25) is 0 Å². The maximum Gasteiger partial charge on any atom is 0.369 e. The Labute approximate surface area is 105 Å². The van der Waals surface area contributed by atoms with E-state index in [0.29, 0.717) is 18.4 Å². The van der Waals surface area contributed by atoms with Gasteiger partial charge in [0, 0.05) is 0 Å². The molecule has 6 heteroatoms. The Morgan fingerprint density at radius 3 is 2.65 bits per heavy atom. The van der Waals surface area contributed by atoms with E-state index in [1.165, 1.54) is 0 Å². The quantitative estimate of drug-likeness (QED) is 0.759. The van der Waals surface area contributed by atoms with Crippen LogP contribution in [-0.4, -0.2) is 29.4 Å². The number of nitrogens with zero attached hydrogens (tertiary/aromatic N) is 2. The predicted octanol–water partition coefficient (Wildman–Crippen LogP) is 2.53. The fourth-order valence-electron chi connectivity index (χ4n) is 0.988. The summed E-state index contributed by atoms with van der Waals surface area (Å²) in [5.74, 6) is -0.448. The fourth-order valence-corrected chi connectivity index (χ4v) is 1.60. The molecule has 0 spiro atoms. The van der Waals surface area contributed by atoms with Crippen LogP contribution in [0, 0.1) is 5.41 Å². The number of hydrogen-bond acceptors (Lipinski definition) is 6. The van der Waals surface area contributed by atoms with Crippen LogP contribution in [0.1, 0.15) is 43.9 Å². The van der Waals surface area contributed by atoms with Gasteiger partial charge >= 0.3 is 5.97 Å². The minimum atomic E-state index is -0.448. The molecule has 0 aliphatic heterocycles. The molecule has 0 bridgehead atoms. The first kappa shape index (κ1) is 13.9. The molecule has 5 nitrogen and oxygen atoms in total. The Hall–Kier alpha value is -1.17. The highest BCUT2D eigenvalue weighted by Crippen LogP contribution is 2.22. The minimum Gasteiger partial charge on any atom is -0.469 e. The van der Waals surface area contributed by atoms with E-state index < -0.39 is 5.97 Å². The van der Waals surface area contributed by atoms with Gasteiger partial charge in [-0.15, -0.1) is 5.10 Å². The van der Waals surface area contributed by atoms with Crippen molar-refractivity contribution >= 4 is 17.3 Å². The monoisotopic (exact) mass is 258 g/mol. The van der Waals surface area contributed by atoms with Crippen molar-refractivity contribution in [2.45, 2.75) is 34.1 Å². The van der Waals surface area contributed by atoms with Gasteiger partial charge in [-0.2, -0.15) is 0 Å². The summed E-state index contributed by atoms with van der Waals surface area (Å²) < 4.78 is 10.2. The van der Waals surface area contributed by atoms with Crippen molar-refractivity contribution in [3.05, 3.63) is 5.01 Å². The number of ether oxygens (including phenoxy) is 2. The van der Waals surface area contributed by atoms with Gasteiger partial charge in [0.25, 0.3) is 5.19 Å². The molecule has 0 aliphatic carbocycles. The first-order valence-corrected chi connectivity index (χ1v) is 6.37. The Morgan fingerprint density at radius 1 is 1.35 bits per heavy atom. The molecule has 0 atom stereocenters. The van der Waals surface area contributed by atoms with Crippen LogP contribution in [0.4, 0.5) is 0 Å². The lowest BCUT2D eigenvalue weighted by Gasteiger charge is -2.16. The molecular formula is C11H18N2O3S. The van der Waals surface area contributed by atoms with E-state index in [2.05, 4.69) is 31.0 Å². The van der Waals surface area contributed by atoms with Gasteiger partial charge in [0.2, 0.25) is 5.01 Å². The molecule has 1 aromatic rings. The van der Waals surface area contributed by atoms with Gasteiger partial charge in [0.05, 0.1) is 13.2 Å². The molecule has 0 radical (unpaired) electrons. The zero-order valence-electron chi connectivity index (χ0n) is 10.6. The van der Waals surface area contributed by atoms with Crippen LogP contribution in [0.3, 0.4) is 0 Å². The smallest absolute Gasteiger partial charge is 0.369 e. The van der Waals surface area contributed by atoms with Gasteiger partial charge < -0.3 is 9.47 Å². The Morgan fingerprint density at radius 2 is 2.06 bits per heavy atom. The highest BCUT2D eigenvalue weighted by molar-refractivity contribution is 7.14. The molecule has 0 saturated heterocycles. The predicted molar refractivity (Wildman–Crippen MR) is 65.4 cm³/mol. The number of carbonyl (C=O) groups excluding carboxylic acids is 1. The SMILES string of the molecule is CCOC(=O)c1nnc(OCCC(C)(C)C)s1. The fraction of sp³-hybridized carbons (Fsp3) is 0.727. The molecule has 0 unspecified atom stereocenters. The Balaban J connectivity index is 2.43. The molecule has 17 heavy (non-hydrogen) atoms. The summed E-state index contributed by atoms with van der Waals surface area (Å²) >= 11 is 1.11. The maximum absolute atomic E-state index is 11.3. The zero-order valence-corrected chi connectivity index (χ0v) is 11.5. The van der Waals surface area contributed by atoms with E-state index in [1.54, 1.807) is 6.92 Å². The van der Waals surface area contributed by atoms with Crippen molar-refractivity contribution in [1.82, 2.24) is 10.2 Å². The number of hydrogen-bond donors (Lipinski definition) is 0. The molecule has 1 heterocycles. The third kappa shape index (κ3) is 5.12. The lowest BCUT2D eigenvalue weighted by atomic mass is 9.93. The number of aromatic nitrogens is 2. The molecule has 1 rings (SSSR count). The van der Waals surface area contributed by atoms with Crippen LogP contribution in [0.2, 0.25) is 0 Å². The molecule has 0 amide bonds. The van der Waals surface area contributed by atoms with E-state index in [0.717, 1.165) is 17.8 Å². The summed E-state index contributed by atoms with van der Waals surface area (Å²) in [6.07, 6.45) is 0.918. The molecular weight excluding hydrogens is 240 g/mol. The van der Waals surface area contributed by atoms with E-state index >= 15 is 0 Å². The largest absolute Gasteiger partial charge is 0.469 e. The van der Waals surface area contributed by atoms with Crippen molar-refractivity contribution in [1.29, 1.82) is 0 Å². The molecule has 1 aromatic heterocycles. The van der Waals surface area contributed by atoms with Crippen LogP contribution in [-0.2, 0) is 4.74 Å². The average Bonchev–Trinajstić information content (AvgIpc) is 2.65. The lowest BCUT2D eigenvalue weighted by Crippen LogP contribution is -2.10. The number of esters is 1. The second-order valence-corrected chi connectivity index (χ2v) is 5.69. The van der Waals surface area contributed by atoms with Crippen LogP contribution in [0.25, 0.3) is 0 Å². The third-order valence-electron chi connectivity index (χ3n) is 1.93. The van der Waals surface area contributed by atoms with Crippen LogP contribution < -0.4 is 4.74 Å². The Kier molecular flexibility index (Phi) is 4.86. The topological polar surface area (TPSA) is 61.3 Å². The van der Waals surface area contributed by atoms with Crippen molar-refractivity contribution in [3.63, 3.8) is 0 Å². The average molecular weight is 258 g/mol. The van der Waals surface area contributed by atoms with Gasteiger partial charge in [0.15, 0.2) is 0 Å². The lowest BCUT2D eigenvalue weighted by molar-refractivity contribution is 0.0525. The van der Waals surface area contributed by atoms with E-state index in [1.807, 2.05) is 0 Å². The summed E-state index contributed by atoms with van der Waals surface area (Å²) in [6.45, 7) is 9.07. The van der Waals surface area contributed by atoms with Crippen molar-refractivity contribution in [3.8, 4) is 5.19 Å². The van der Waals surface area contributed by atoms with Crippen molar-refractivity contribution in [2.75, 3.05) is 13.2 Å². The second-order valence-electron chi connectivity index (χ2n) is 4.75. The maximum atomic E-state index is 11.3. The van der Waals surface area contributed by atoms with Gasteiger partial charge in [-0.25, -0.2) is 4.79 Å². The highest BCUT2D eigenvalue weighted by atomic mass is 32.1. The minimum absolute atomic E-state index is 0.217. The summed E-state index contributed by atoms with van der Waals surface area (Å²) in [5.41, 5.74) is 0.217. The zero-order chi connectivity index (χ0) is 12.9. The first-order chi connectivity index (χ1) is 7.92. The third-order valence-corrected chi connectivity index (χ3v) is 2.75. The number of carbonyl (C=O) groups is 1. The molecule has 0 aliphatic rings. The summed E-state index contributed by atoms with van der Waals surface area (Å²) in [5, 5.41) is 8.15. The summed E-state index contributed by atoms with van der Waals surface area (Å²) in [6, 6.07) is 0. The standard InChI is InChI=1S/C11H18N2O3S/c1-5-15-9(14)8-12-13-10(17-8)16-7-6-11(2,3)4/h5-7H2,1-4H3. The van der Waals surface area contributed by atoms with Crippen molar-refractivity contribution < 1.29 is 14.3 Å². The second kappa shape index (κ2) is 5.95. The van der Waals surface area contributed by atoms with Crippen LogP contribution in [0.15, 0.2) is 0 Å². The van der Waals surface area contributed by atoms with Crippen molar-refractivity contribution in [2.24, 2.45) is 5.41 Å². The van der Waals surface area contributed by atoms with Crippen LogP contribution >= 0.6 is 11.3 Å². The van der Waals surface area contributed by atoms with E-state index in [9.17, 15) is 4.79 Å². The van der Waals surface area contributed by atoms with Gasteiger partial charge in [-0.1, -0.05) is 25.9 Å². The highest BCUT2D eigenvalue weighted by Gasteiger charge is 2.15. The first-order valence-electron chi connectivity index (χ1n) is 5.56. The van der Waals surface area contributed by atoms with E-state index in [-0.39, 0.29) is 10.4 Å². The molecule has 96 valence electrons. The van der Waals surface area contributed by atoms with E-state index in [4.69, 9.17) is 9.47 Å². The summed E-state index contributed by atoms with van der Waals surface area (Å²) in [7, 11) is 0.